The van der Waals surface area contributed by atoms with Crippen LogP contribution in [0.4, 0.5) is 0 Å². The second-order valence-corrected chi connectivity index (χ2v) is 6.99. The van der Waals surface area contributed by atoms with Crippen LogP contribution in [-0.2, 0) is 13.1 Å². The second kappa shape index (κ2) is 6.95. The molecule has 2 fully saturated rings. The normalized spacial score (nSPS) is 21.3. The zero-order chi connectivity index (χ0) is 14.7. The van der Waals surface area contributed by atoms with Crippen LogP contribution in [0.15, 0.2) is 16.7 Å². The predicted molar refractivity (Wildman–Crippen MR) is 85.1 cm³/mol. The van der Waals surface area contributed by atoms with E-state index in [9.17, 15) is 0 Å². The Kier molecular flexibility index (Phi) is 4.99. The average Bonchev–Trinajstić information content (AvgIpc) is 3.18. The Morgan fingerprint density at radius 2 is 1.90 bits per heavy atom. The fourth-order valence-electron chi connectivity index (χ4n) is 3.05. The number of nitrogens with zero attached hydrogens (tertiary/aromatic N) is 2. The van der Waals surface area contributed by atoms with E-state index in [0.717, 1.165) is 43.9 Å². The Morgan fingerprint density at radius 3 is 2.57 bits per heavy atom. The summed E-state index contributed by atoms with van der Waals surface area (Å²) >= 11 is 0. The molecule has 0 bridgehead atoms. The molecule has 2 aliphatic rings. The van der Waals surface area contributed by atoms with Crippen LogP contribution in [0.5, 0.6) is 0 Å². The summed E-state index contributed by atoms with van der Waals surface area (Å²) in [6.07, 6.45) is 4.52. The van der Waals surface area contributed by atoms with Crippen molar-refractivity contribution in [1.29, 1.82) is 0 Å². The van der Waals surface area contributed by atoms with Gasteiger partial charge in [-0.3, -0.25) is 4.90 Å². The summed E-state index contributed by atoms with van der Waals surface area (Å²) in [5, 5.41) is 3.58. The predicted octanol–water partition coefficient (Wildman–Crippen LogP) is 2.31. The van der Waals surface area contributed by atoms with Crippen molar-refractivity contribution in [2.45, 2.75) is 45.8 Å². The van der Waals surface area contributed by atoms with Gasteiger partial charge in [0.15, 0.2) is 0 Å². The number of nitrogens with one attached hydrogen (secondary N) is 1. The van der Waals surface area contributed by atoms with Gasteiger partial charge in [-0.25, -0.2) is 0 Å². The van der Waals surface area contributed by atoms with E-state index in [2.05, 4.69) is 35.0 Å². The van der Waals surface area contributed by atoms with E-state index in [1.165, 1.54) is 38.0 Å². The Balaban J connectivity index is 1.45. The highest BCUT2D eigenvalue weighted by Gasteiger charge is 2.22. The van der Waals surface area contributed by atoms with Crippen LogP contribution in [0.3, 0.4) is 0 Å². The molecule has 1 aliphatic carbocycles. The van der Waals surface area contributed by atoms with Crippen molar-refractivity contribution < 1.29 is 4.42 Å². The molecule has 0 aromatic carbocycles. The molecule has 1 aliphatic heterocycles. The number of hydrogen-bond acceptors (Lipinski definition) is 4. The van der Waals surface area contributed by atoms with E-state index in [4.69, 9.17) is 4.42 Å². The molecule has 21 heavy (non-hydrogen) atoms. The van der Waals surface area contributed by atoms with Gasteiger partial charge >= 0.3 is 0 Å². The van der Waals surface area contributed by atoms with Gasteiger partial charge in [-0.15, -0.1) is 0 Å². The first-order chi connectivity index (χ1) is 10.2. The van der Waals surface area contributed by atoms with Gasteiger partial charge in [-0.1, -0.05) is 13.8 Å². The number of furan rings is 1. The van der Waals surface area contributed by atoms with Crippen LogP contribution in [0, 0.1) is 5.92 Å². The maximum absolute atomic E-state index is 5.72. The minimum absolute atomic E-state index is 0.757. The molecule has 1 aromatic heterocycles. The number of rotatable bonds is 7. The Hall–Kier alpha value is -0.840. The van der Waals surface area contributed by atoms with E-state index in [-0.39, 0.29) is 0 Å². The van der Waals surface area contributed by atoms with E-state index in [0.29, 0.717) is 0 Å². The summed E-state index contributed by atoms with van der Waals surface area (Å²) in [6.45, 7) is 12.4. The quantitative estimate of drug-likeness (QED) is 0.835. The SMILES string of the molecule is CC(C)CN1CCN(Cc2occc2CNC2CC2)CC1. The van der Waals surface area contributed by atoms with Crippen LogP contribution in [0.2, 0.25) is 0 Å². The summed E-state index contributed by atoms with van der Waals surface area (Å²) in [4.78, 5) is 5.11. The highest BCUT2D eigenvalue weighted by molar-refractivity contribution is 5.17. The Labute approximate surface area is 128 Å². The largest absolute Gasteiger partial charge is 0.468 e. The molecule has 2 heterocycles. The fraction of sp³-hybridized carbons (Fsp3) is 0.765. The molecule has 4 nitrogen and oxygen atoms in total. The maximum Gasteiger partial charge on any atom is 0.122 e. The van der Waals surface area contributed by atoms with Crippen LogP contribution in [0.25, 0.3) is 0 Å². The molecule has 3 rings (SSSR count). The topological polar surface area (TPSA) is 31.6 Å². The first-order valence-electron chi connectivity index (χ1n) is 8.44. The third kappa shape index (κ3) is 4.56. The molecular weight excluding hydrogens is 262 g/mol. The molecule has 1 saturated heterocycles. The van der Waals surface area contributed by atoms with Gasteiger partial charge in [0.2, 0.25) is 0 Å². The maximum atomic E-state index is 5.72. The molecule has 0 atom stereocenters. The molecule has 0 unspecified atom stereocenters. The van der Waals surface area contributed by atoms with Crippen molar-refractivity contribution in [3.63, 3.8) is 0 Å². The van der Waals surface area contributed by atoms with Crippen molar-refractivity contribution in [1.82, 2.24) is 15.1 Å². The van der Waals surface area contributed by atoms with Crippen molar-refractivity contribution in [3.05, 3.63) is 23.7 Å². The molecule has 1 aromatic rings. The van der Waals surface area contributed by atoms with Gasteiger partial charge < -0.3 is 14.6 Å². The fourth-order valence-corrected chi connectivity index (χ4v) is 3.05. The van der Waals surface area contributed by atoms with Gasteiger partial charge in [0.25, 0.3) is 0 Å². The molecule has 1 saturated carbocycles. The van der Waals surface area contributed by atoms with Crippen molar-refractivity contribution in [2.75, 3.05) is 32.7 Å². The Bertz CT molecular complexity index is 431. The third-order valence-electron chi connectivity index (χ3n) is 4.45. The minimum atomic E-state index is 0.757. The van der Waals surface area contributed by atoms with E-state index < -0.39 is 0 Å². The lowest BCUT2D eigenvalue weighted by atomic mass is 10.2. The second-order valence-electron chi connectivity index (χ2n) is 6.99. The highest BCUT2D eigenvalue weighted by atomic mass is 16.3. The smallest absolute Gasteiger partial charge is 0.122 e. The molecule has 0 amide bonds. The lowest BCUT2D eigenvalue weighted by Gasteiger charge is -2.35. The van der Waals surface area contributed by atoms with Gasteiger partial charge in [0.1, 0.15) is 5.76 Å². The molecule has 4 heteroatoms. The standard InChI is InChI=1S/C17H29N3O/c1-14(2)12-19-6-8-20(9-7-19)13-17-15(5-10-21-17)11-18-16-3-4-16/h5,10,14,16,18H,3-4,6-9,11-13H2,1-2H3. The van der Waals surface area contributed by atoms with Crippen LogP contribution < -0.4 is 5.32 Å². The Morgan fingerprint density at radius 1 is 1.19 bits per heavy atom. The number of piperazine rings is 1. The first-order valence-corrected chi connectivity index (χ1v) is 8.44. The first kappa shape index (κ1) is 15.1. The zero-order valence-electron chi connectivity index (χ0n) is 13.5. The lowest BCUT2D eigenvalue weighted by molar-refractivity contribution is 0.111. The van der Waals surface area contributed by atoms with Crippen molar-refractivity contribution in [2.24, 2.45) is 5.92 Å². The molecule has 0 spiro atoms. The zero-order valence-corrected chi connectivity index (χ0v) is 13.5. The number of hydrogen-bond donors (Lipinski definition) is 1. The summed E-state index contributed by atoms with van der Waals surface area (Å²) in [5.41, 5.74) is 1.34. The minimum Gasteiger partial charge on any atom is -0.468 e. The highest BCUT2D eigenvalue weighted by Crippen LogP contribution is 2.21. The van der Waals surface area contributed by atoms with Gasteiger partial charge in [-0.2, -0.15) is 0 Å². The van der Waals surface area contributed by atoms with Crippen molar-refractivity contribution >= 4 is 0 Å². The third-order valence-corrected chi connectivity index (χ3v) is 4.45. The van der Waals surface area contributed by atoms with Crippen LogP contribution >= 0.6 is 0 Å². The monoisotopic (exact) mass is 291 g/mol. The lowest BCUT2D eigenvalue weighted by Crippen LogP contribution is -2.46. The van der Waals surface area contributed by atoms with Gasteiger partial charge in [0, 0.05) is 50.9 Å². The summed E-state index contributed by atoms with van der Waals surface area (Å²) in [5.74, 6) is 1.92. The summed E-state index contributed by atoms with van der Waals surface area (Å²) in [6, 6.07) is 2.88. The molecule has 118 valence electrons. The average molecular weight is 291 g/mol. The van der Waals surface area contributed by atoms with Crippen molar-refractivity contribution in [3.8, 4) is 0 Å². The summed E-state index contributed by atoms with van der Waals surface area (Å²) < 4.78 is 5.72. The van der Waals surface area contributed by atoms with Crippen LogP contribution in [-0.4, -0.2) is 48.6 Å². The summed E-state index contributed by atoms with van der Waals surface area (Å²) in [7, 11) is 0. The van der Waals surface area contributed by atoms with E-state index in [1.54, 1.807) is 0 Å². The van der Waals surface area contributed by atoms with Crippen LogP contribution in [0.1, 0.15) is 38.0 Å². The molecule has 1 N–H and O–H groups in total. The van der Waals surface area contributed by atoms with E-state index in [1.807, 2.05) is 6.26 Å². The van der Waals surface area contributed by atoms with Gasteiger partial charge in [-0.05, 0) is 24.8 Å². The van der Waals surface area contributed by atoms with E-state index >= 15 is 0 Å². The molecule has 0 radical (unpaired) electrons. The van der Waals surface area contributed by atoms with Gasteiger partial charge in [0.05, 0.1) is 12.8 Å². The molecular formula is C17H29N3O.